The molecule has 0 saturated heterocycles. The average Bonchev–Trinajstić information content (AvgIpc) is 2.31. The van der Waals surface area contributed by atoms with Crippen molar-refractivity contribution in [3.8, 4) is 0 Å². The number of hydrogen-bond acceptors (Lipinski definition) is 3. The van der Waals surface area contributed by atoms with E-state index in [-0.39, 0.29) is 0 Å². The van der Waals surface area contributed by atoms with Crippen LogP contribution in [0, 0.1) is 0 Å². The fraction of sp³-hybridized carbons (Fsp3) is 0.917. The normalized spacial score (nSPS) is 18.0. The van der Waals surface area contributed by atoms with Crippen molar-refractivity contribution in [2.24, 2.45) is 5.16 Å². The van der Waals surface area contributed by atoms with Gasteiger partial charge in [-0.2, -0.15) is 0 Å². The second-order valence-corrected chi connectivity index (χ2v) is 3.99. The Bertz CT molecular complexity index is 163. The van der Waals surface area contributed by atoms with E-state index >= 15 is 0 Å². The summed E-state index contributed by atoms with van der Waals surface area (Å²) in [6.45, 7) is 3.97. The Hall–Kier alpha value is -0.570. The number of rotatable bonds is 3. The second kappa shape index (κ2) is 9.97. The SMILES string of the molecule is CC/C(C)=N/OC.CNC1CCCCC1. The molecule has 1 N–H and O–H groups in total. The number of nitrogens with zero attached hydrogens (tertiary/aromatic N) is 1. The molecule has 0 aromatic rings. The van der Waals surface area contributed by atoms with Crippen LogP contribution in [0.25, 0.3) is 0 Å². The molecule has 0 unspecified atom stereocenters. The third kappa shape index (κ3) is 8.43. The lowest BCUT2D eigenvalue weighted by molar-refractivity contribution is 0.212. The predicted octanol–water partition coefficient (Wildman–Crippen LogP) is 2.96. The van der Waals surface area contributed by atoms with Crippen molar-refractivity contribution in [2.45, 2.75) is 58.4 Å². The van der Waals surface area contributed by atoms with E-state index in [1.165, 1.54) is 32.1 Å². The van der Waals surface area contributed by atoms with Crippen LogP contribution in [0.15, 0.2) is 5.16 Å². The molecular formula is C12H26N2O. The maximum atomic E-state index is 4.48. The Morgan fingerprint density at radius 2 is 1.93 bits per heavy atom. The molecule has 90 valence electrons. The zero-order valence-corrected chi connectivity index (χ0v) is 10.7. The summed E-state index contributed by atoms with van der Waals surface area (Å²) in [7, 11) is 3.62. The molecule has 3 nitrogen and oxygen atoms in total. The van der Waals surface area contributed by atoms with Gasteiger partial charge in [0.05, 0.1) is 5.71 Å². The van der Waals surface area contributed by atoms with Crippen molar-refractivity contribution in [1.82, 2.24) is 5.32 Å². The summed E-state index contributed by atoms with van der Waals surface area (Å²) >= 11 is 0. The van der Waals surface area contributed by atoms with E-state index in [1.807, 2.05) is 13.8 Å². The van der Waals surface area contributed by atoms with Gasteiger partial charge in [-0.15, -0.1) is 0 Å². The van der Waals surface area contributed by atoms with Gasteiger partial charge in [0.1, 0.15) is 7.11 Å². The van der Waals surface area contributed by atoms with Gasteiger partial charge in [-0.25, -0.2) is 0 Å². The molecule has 0 bridgehead atoms. The van der Waals surface area contributed by atoms with Crippen molar-refractivity contribution in [2.75, 3.05) is 14.2 Å². The molecule has 15 heavy (non-hydrogen) atoms. The highest BCUT2D eigenvalue weighted by atomic mass is 16.6. The van der Waals surface area contributed by atoms with E-state index in [1.54, 1.807) is 7.11 Å². The summed E-state index contributed by atoms with van der Waals surface area (Å²) in [6, 6.07) is 0.837. The van der Waals surface area contributed by atoms with E-state index in [2.05, 4.69) is 22.4 Å². The standard InChI is InChI=1S/C7H15N.C5H11NO/c1-8-7-5-3-2-4-6-7;1-4-5(2)6-7-3/h7-8H,2-6H2,1H3;4H2,1-3H3/b;6-5+. The molecule has 0 atom stereocenters. The van der Waals surface area contributed by atoms with Gasteiger partial charge < -0.3 is 10.2 Å². The monoisotopic (exact) mass is 214 g/mol. The summed E-state index contributed by atoms with van der Waals surface area (Å²) in [5.41, 5.74) is 1.03. The number of oxime groups is 1. The van der Waals surface area contributed by atoms with Crippen LogP contribution in [0.2, 0.25) is 0 Å². The molecule has 0 aliphatic heterocycles. The van der Waals surface area contributed by atoms with Crippen molar-refractivity contribution >= 4 is 5.71 Å². The number of nitrogens with one attached hydrogen (secondary N) is 1. The minimum atomic E-state index is 0.837. The molecule has 0 aromatic carbocycles. The van der Waals surface area contributed by atoms with Crippen LogP contribution in [-0.4, -0.2) is 25.9 Å². The lowest BCUT2D eigenvalue weighted by atomic mass is 9.96. The van der Waals surface area contributed by atoms with Crippen LogP contribution in [0.1, 0.15) is 52.4 Å². The summed E-state index contributed by atoms with van der Waals surface area (Å²) in [6.07, 6.45) is 8.09. The van der Waals surface area contributed by atoms with Gasteiger partial charge in [-0.05, 0) is 33.2 Å². The smallest absolute Gasteiger partial charge is 0.106 e. The predicted molar refractivity (Wildman–Crippen MR) is 66.3 cm³/mol. The largest absolute Gasteiger partial charge is 0.399 e. The molecule has 0 radical (unpaired) electrons. The zero-order chi connectivity index (χ0) is 11.5. The van der Waals surface area contributed by atoms with Crippen molar-refractivity contribution < 1.29 is 4.84 Å². The van der Waals surface area contributed by atoms with Crippen molar-refractivity contribution in [1.29, 1.82) is 0 Å². The summed E-state index contributed by atoms with van der Waals surface area (Å²) in [4.78, 5) is 4.48. The molecule has 1 fully saturated rings. The first kappa shape index (κ1) is 14.4. The third-order valence-electron chi connectivity index (χ3n) is 2.77. The summed E-state index contributed by atoms with van der Waals surface area (Å²) < 4.78 is 0. The molecule has 0 aromatic heterocycles. The van der Waals surface area contributed by atoms with Crippen molar-refractivity contribution in [3.63, 3.8) is 0 Å². The van der Waals surface area contributed by atoms with Gasteiger partial charge in [0.15, 0.2) is 0 Å². The molecule has 0 amide bonds. The van der Waals surface area contributed by atoms with E-state index in [0.29, 0.717) is 0 Å². The van der Waals surface area contributed by atoms with E-state index in [9.17, 15) is 0 Å². The molecule has 1 saturated carbocycles. The van der Waals surface area contributed by atoms with Crippen LogP contribution < -0.4 is 5.32 Å². The Morgan fingerprint density at radius 1 is 1.33 bits per heavy atom. The molecule has 1 aliphatic carbocycles. The van der Waals surface area contributed by atoms with Crippen LogP contribution >= 0.6 is 0 Å². The lowest BCUT2D eigenvalue weighted by Crippen LogP contribution is -2.26. The van der Waals surface area contributed by atoms with Crippen LogP contribution in [-0.2, 0) is 4.84 Å². The van der Waals surface area contributed by atoms with Gasteiger partial charge >= 0.3 is 0 Å². The minimum Gasteiger partial charge on any atom is -0.399 e. The van der Waals surface area contributed by atoms with Gasteiger partial charge in [0, 0.05) is 6.04 Å². The van der Waals surface area contributed by atoms with Crippen LogP contribution in [0.4, 0.5) is 0 Å². The minimum absolute atomic E-state index is 0.837. The summed E-state index contributed by atoms with van der Waals surface area (Å²) in [5, 5.41) is 6.96. The highest BCUT2D eigenvalue weighted by Gasteiger charge is 2.09. The molecule has 1 aliphatic rings. The lowest BCUT2D eigenvalue weighted by Gasteiger charge is -2.20. The molecule has 0 spiro atoms. The first-order valence-corrected chi connectivity index (χ1v) is 5.98. The maximum absolute atomic E-state index is 4.48. The quantitative estimate of drug-likeness (QED) is 0.579. The Morgan fingerprint density at radius 3 is 2.20 bits per heavy atom. The molecule has 0 heterocycles. The fourth-order valence-corrected chi connectivity index (χ4v) is 1.61. The second-order valence-electron chi connectivity index (χ2n) is 3.99. The van der Waals surface area contributed by atoms with Crippen LogP contribution in [0.5, 0.6) is 0 Å². The maximum Gasteiger partial charge on any atom is 0.106 e. The Balaban J connectivity index is 0.000000265. The fourth-order valence-electron chi connectivity index (χ4n) is 1.61. The van der Waals surface area contributed by atoms with Gasteiger partial charge in [0.25, 0.3) is 0 Å². The molecule has 1 rings (SSSR count). The summed E-state index contributed by atoms with van der Waals surface area (Å²) in [5.74, 6) is 0. The van der Waals surface area contributed by atoms with Gasteiger partial charge in [-0.3, -0.25) is 0 Å². The Labute approximate surface area is 94.3 Å². The van der Waals surface area contributed by atoms with E-state index in [0.717, 1.165) is 18.2 Å². The highest BCUT2D eigenvalue weighted by Crippen LogP contribution is 2.16. The highest BCUT2D eigenvalue weighted by molar-refractivity contribution is 5.80. The third-order valence-corrected chi connectivity index (χ3v) is 2.77. The van der Waals surface area contributed by atoms with E-state index in [4.69, 9.17) is 0 Å². The first-order chi connectivity index (χ1) is 7.24. The zero-order valence-electron chi connectivity index (χ0n) is 10.7. The van der Waals surface area contributed by atoms with E-state index < -0.39 is 0 Å². The topological polar surface area (TPSA) is 33.6 Å². The van der Waals surface area contributed by atoms with Gasteiger partial charge in [-0.1, -0.05) is 31.3 Å². The van der Waals surface area contributed by atoms with Gasteiger partial charge in [0.2, 0.25) is 0 Å². The van der Waals surface area contributed by atoms with Crippen LogP contribution in [0.3, 0.4) is 0 Å². The average molecular weight is 214 g/mol. The Kier molecular flexibility index (Phi) is 9.59. The number of hydrogen-bond donors (Lipinski definition) is 1. The van der Waals surface area contributed by atoms with Crippen molar-refractivity contribution in [3.05, 3.63) is 0 Å². The molecule has 3 heteroatoms. The first-order valence-electron chi connectivity index (χ1n) is 5.98. The molecular weight excluding hydrogens is 188 g/mol.